The van der Waals surface area contributed by atoms with E-state index in [0.717, 1.165) is 12.1 Å². The fourth-order valence-electron chi connectivity index (χ4n) is 4.41. The maximum Gasteiger partial charge on any atom is 0.416 e. The molecule has 2 saturated heterocycles. The van der Waals surface area contributed by atoms with E-state index in [1.807, 2.05) is 16.8 Å². The third-order valence-corrected chi connectivity index (χ3v) is 5.90. The van der Waals surface area contributed by atoms with Crippen LogP contribution in [-0.2, 0) is 17.1 Å². The lowest BCUT2D eigenvalue weighted by Gasteiger charge is -2.52. The zero-order chi connectivity index (χ0) is 21.7. The van der Waals surface area contributed by atoms with Gasteiger partial charge in [0.15, 0.2) is 0 Å². The van der Waals surface area contributed by atoms with Crippen LogP contribution >= 0.6 is 0 Å². The summed E-state index contributed by atoms with van der Waals surface area (Å²) in [7, 11) is 1.90. The number of fused-ring (bicyclic) bond motifs is 1. The average Bonchev–Trinajstić information content (AvgIpc) is 3.06. The van der Waals surface area contributed by atoms with Crippen LogP contribution in [0.25, 0.3) is 0 Å². The van der Waals surface area contributed by atoms with Crippen LogP contribution in [0.2, 0.25) is 0 Å². The molecule has 0 saturated carbocycles. The highest BCUT2D eigenvalue weighted by atomic mass is 19.4. The molecule has 1 aromatic rings. The van der Waals surface area contributed by atoms with Crippen LogP contribution in [-0.4, -0.2) is 67.9 Å². The highest BCUT2D eigenvalue weighted by molar-refractivity contribution is 5.55. The minimum atomic E-state index is -4.93. The summed E-state index contributed by atoms with van der Waals surface area (Å²) < 4.78 is 85.7. The molecule has 166 valence electrons. The molecule has 2 atom stereocenters. The fraction of sp³-hybridized carbons (Fsp3) is 0.667. The molecular weight excluding hydrogens is 416 g/mol. The molecule has 0 aromatic heterocycles. The summed E-state index contributed by atoms with van der Waals surface area (Å²) >= 11 is 0. The Balaban J connectivity index is 1.82. The lowest BCUT2D eigenvalue weighted by molar-refractivity contribution is -0.143. The van der Waals surface area contributed by atoms with Crippen LogP contribution in [0, 0.1) is 0 Å². The number of anilines is 1. The molecule has 30 heavy (non-hydrogen) atoms. The van der Waals surface area contributed by atoms with Gasteiger partial charge in [-0.05, 0) is 25.2 Å². The SMILES string of the molecule is CN1CC[C@@]2(N3CCOCC3)[C@@H](C1)N=NN2c1cc(C(F)(F)F)cc(C(F)(F)F)c1. The Hall–Kier alpha value is -1.92. The molecule has 3 aliphatic rings. The Morgan fingerprint density at radius 1 is 0.967 bits per heavy atom. The van der Waals surface area contributed by atoms with Gasteiger partial charge in [-0.2, -0.15) is 31.5 Å². The number of nitrogens with zero attached hydrogens (tertiary/aromatic N) is 5. The minimum Gasteiger partial charge on any atom is -0.379 e. The van der Waals surface area contributed by atoms with Gasteiger partial charge in [0.1, 0.15) is 11.7 Å². The summed E-state index contributed by atoms with van der Waals surface area (Å²) in [5.41, 5.74) is -3.92. The van der Waals surface area contributed by atoms with E-state index in [9.17, 15) is 26.3 Å². The summed E-state index contributed by atoms with van der Waals surface area (Å²) in [6, 6.07) is 1.16. The van der Waals surface area contributed by atoms with E-state index in [-0.39, 0.29) is 11.8 Å². The number of halogens is 6. The lowest BCUT2D eigenvalue weighted by Crippen LogP contribution is -2.69. The van der Waals surface area contributed by atoms with Gasteiger partial charge in [0.25, 0.3) is 0 Å². The van der Waals surface area contributed by atoms with Gasteiger partial charge in [0.2, 0.25) is 0 Å². The van der Waals surface area contributed by atoms with E-state index in [1.165, 1.54) is 5.01 Å². The molecule has 0 unspecified atom stereocenters. The summed E-state index contributed by atoms with van der Waals surface area (Å²) in [6.45, 7) is 2.95. The maximum absolute atomic E-state index is 13.4. The monoisotopic (exact) mass is 437 g/mol. The topological polar surface area (TPSA) is 43.7 Å². The van der Waals surface area contributed by atoms with Crippen molar-refractivity contribution in [2.45, 2.75) is 30.5 Å². The predicted octanol–water partition coefficient (Wildman–Crippen LogP) is 3.64. The molecule has 4 rings (SSSR count). The standard InChI is InChI=1S/C18H21F6N5O/c1-27-3-2-16(28-4-6-30-7-5-28)15(11-27)25-26-29(16)14-9-12(17(19,20)21)8-13(10-14)18(22,23)24/h8-10,15H,2-7,11H2,1H3/t15-,16+/m1/s1. The van der Waals surface area contributed by atoms with Crippen molar-refractivity contribution in [3.05, 3.63) is 29.3 Å². The van der Waals surface area contributed by atoms with Crippen LogP contribution in [0.4, 0.5) is 32.0 Å². The van der Waals surface area contributed by atoms with Crippen LogP contribution in [0.1, 0.15) is 17.5 Å². The van der Waals surface area contributed by atoms with Crippen molar-refractivity contribution < 1.29 is 31.1 Å². The van der Waals surface area contributed by atoms with Gasteiger partial charge in [-0.25, -0.2) is 5.01 Å². The van der Waals surface area contributed by atoms with E-state index in [1.54, 1.807) is 0 Å². The first kappa shape index (κ1) is 21.3. The number of morpholine rings is 1. The Morgan fingerprint density at radius 3 is 2.13 bits per heavy atom. The zero-order valence-electron chi connectivity index (χ0n) is 16.2. The molecular formula is C18H21F6N5O. The Kier molecular flexibility index (Phi) is 5.22. The van der Waals surface area contributed by atoms with E-state index >= 15 is 0 Å². The fourth-order valence-corrected chi connectivity index (χ4v) is 4.41. The number of rotatable bonds is 2. The van der Waals surface area contributed by atoms with Gasteiger partial charge in [-0.3, -0.25) is 4.90 Å². The largest absolute Gasteiger partial charge is 0.416 e. The number of alkyl halides is 6. The summed E-state index contributed by atoms with van der Waals surface area (Å²) in [4.78, 5) is 4.06. The van der Waals surface area contributed by atoms with E-state index in [0.29, 0.717) is 45.8 Å². The predicted molar refractivity (Wildman–Crippen MR) is 94.8 cm³/mol. The van der Waals surface area contributed by atoms with Crippen molar-refractivity contribution in [3.63, 3.8) is 0 Å². The minimum absolute atomic E-state index is 0.129. The number of benzene rings is 1. The van der Waals surface area contributed by atoms with Crippen molar-refractivity contribution in [2.24, 2.45) is 10.3 Å². The van der Waals surface area contributed by atoms with E-state index in [2.05, 4.69) is 10.3 Å². The van der Waals surface area contributed by atoms with Gasteiger partial charge in [0.05, 0.1) is 30.0 Å². The van der Waals surface area contributed by atoms with Crippen LogP contribution in [0.5, 0.6) is 0 Å². The molecule has 6 nitrogen and oxygen atoms in total. The van der Waals surface area contributed by atoms with Gasteiger partial charge in [0, 0.05) is 32.6 Å². The summed E-state index contributed by atoms with van der Waals surface area (Å²) in [6.07, 6.45) is -9.38. The van der Waals surface area contributed by atoms with Gasteiger partial charge in [-0.15, -0.1) is 0 Å². The highest BCUT2D eigenvalue weighted by Gasteiger charge is 2.56. The number of hydrogen-bond acceptors (Lipinski definition) is 6. The molecule has 3 aliphatic heterocycles. The number of piperidine rings is 1. The van der Waals surface area contributed by atoms with Crippen molar-refractivity contribution in [1.82, 2.24) is 9.80 Å². The molecule has 2 fully saturated rings. The third-order valence-electron chi connectivity index (χ3n) is 5.90. The molecule has 0 spiro atoms. The Morgan fingerprint density at radius 2 is 1.57 bits per heavy atom. The second-order valence-electron chi connectivity index (χ2n) is 7.79. The van der Waals surface area contributed by atoms with Crippen molar-refractivity contribution in [1.29, 1.82) is 0 Å². The Bertz CT molecular complexity index is 790. The van der Waals surface area contributed by atoms with Crippen LogP contribution < -0.4 is 5.01 Å². The molecule has 1 aromatic carbocycles. The second-order valence-corrected chi connectivity index (χ2v) is 7.79. The second kappa shape index (κ2) is 7.34. The third kappa shape index (κ3) is 3.65. The number of likely N-dealkylation sites (N-methyl/N-ethyl adjacent to an activating group) is 1. The maximum atomic E-state index is 13.4. The molecule has 12 heteroatoms. The number of hydrogen-bond donors (Lipinski definition) is 0. The van der Waals surface area contributed by atoms with Gasteiger partial charge in [-0.1, -0.05) is 5.22 Å². The van der Waals surface area contributed by atoms with E-state index < -0.39 is 35.2 Å². The van der Waals surface area contributed by atoms with E-state index in [4.69, 9.17) is 4.74 Å². The summed E-state index contributed by atoms with van der Waals surface area (Å²) in [5.74, 6) is 0. The molecule has 0 radical (unpaired) electrons. The lowest BCUT2D eigenvalue weighted by atomic mass is 9.88. The van der Waals surface area contributed by atoms with Crippen molar-refractivity contribution in [2.75, 3.05) is 51.4 Å². The first-order valence-electron chi connectivity index (χ1n) is 9.53. The molecule has 0 amide bonds. The highest BCUT2D eigenvalue weighted by Crippen LogP contribution is 2.45. The number of likely N-dealkylation sites (tertiary alicyclic amines) is 1. The van der Waals surface area contributed by atoms with Gasteiger partial charge < -0.3 is 9.64 Å². The quantitative estimate of drug-likeness (QED) is 0.663. The van der Waals surface area contributed by atoms with Crippen molar-refractivity contribution >= 4 is 5.69 Å². The average molecular weight is 437 g/mol. The van der Waals surface area contributed by atoms with Crippen LogP contribution in [0.3, 0.4) is 0 Å². The smallest absolute Gasteiger partial charge is 0.379 e. The van der Waals surface area contributed by atoms with Crippen molar-refractivity contribution in [3.8, 4) is 0 Å². The Labute approximate surface area is 169 Å². The molecule has 0 bridgehead atoms. The first-order valence-corrected chi connectivity index (χ1v) is 9.53. The van der Waals surface area contributed by atoms with Crippen LogP contribution in [0.15, 0.2) is 28.5 Å². The van der Waals surface area contributed by atoms with Gasteiger partial charge >= 0.3 is 12.4 Å². The zero-order valence-corrected chi connectivity index (χ0v) is 16.2. The molecule has 0 N–H and O–H groups in total. The normalized spacial score (nSPS) is 28.8. The first-order chi connectivity index (χ1) is 14.0. The molecule has 3 heterocycles. The molecule has 0 aliphatic carbocycles. The number of ether oxygens (including phenoxy) is 1. The summed E-state index contributed by atoms with van der Waals surface area (Å²) in [5, 5.41) is 9.62.